The number of hydrogen-bond donors (Lipinski definition) is 1. The van der Waals surface area contributed by atoms with E-state index in [0.717, 1.165) is 13.1 Å². The Balaban J connectivity index is 2.55. The molecule has 2 heterocycles. The van der Waals surface area contributed by atoms with Crippen molar-refractivity contribution < 1.29 is 4.79 Å². The summed E-state index contributed by atoms with van der Waals surface area (Å²) in [5, 5.41) is 2.80. The molecule has 1 fully saturated rings. The average molecular weight is 192 g/mol. The number of pyridine rings is 1. The lowest BCUT2D eigenvalue weighted by atomic mass is 10.2. The van der Waals surface area contributed by atoms with Gasteiger partial charge in [0, 0.05) is 19.3 Å². The van der Waals surface area contributed by atoms with Gasteiger partial charge in [0.15, 0.2) is 11.5 Å². The summed E-state index contributed by atoms with van der Waals surface area (Å²) < 4.78 is 0. The number of nitroso groups, excluding NO2 is 1. The first-order chi connectivity index (χ1) is 6.74. The fraction of sp³-hybridized carbons (Fsp3) is 0.250. The standard InChI is InChI=1S/C8H8N4O2/c9-7(13)5-1-2-10-8(6(5)11-14)12-3-4-12/h1-2H,3-4H2,(H2,9,13). The third-order valence-corrected chi connectivity index (χ3v) is 2.01. The van der Waals surface area contributed by atoms with Crippen LogP contribution < -0.4 is 10.6 Å². The molecule has 1 aromatic heterocycles. The Labute approximate surface area is 79.7 Å². The summed E-state index contributed by atoms with van der Waals surface area (Å²) in [7, 11) is 0. The van der Waals surface area contributed by atoms with Gasteiger partial charge < -0.3 is 10.6 Å². The molecule has 0 saturated carbocycles. The van der Waals surface area contributed by atoms with Crippen LogP contribution in [-0.2, 0) is 0 Å². The molecule has 1 amide bonds. The molecule has 0 bridgehead atoms. The van der Waals surface area contributed by atoms with Gasteiger partial charge in [0.05, 0.1) is 5.56 Å². The summed E-state index contributed by atoms with van der Waals surface area (Å²) in [6.07, 6.45) is 1.45. The predicted molar refractivity (Wildman–Crippen MR) is 50.4 cm³/mol. The molecule has 0 radical (unpaired) electrons. The van der Waals surface area contributed by atoms with Gasteiger partial charge in [0.2, 0.25) is 0 Å². The number of anilines is 1. The molecule has 0 aliphatic carbocycles. The molecule has 6 heteroatoms. The fourth-order valence-corrected chi connectivity index (χ4v) is 1.22. The van der Waals surface area contributed by atoms with E-state index < -0.39 is 5.91 Å². The van der Waals surface area contributed by atoms with Gasteiger partial charge in [-0.2, -0.15) is 0 Å². The molecule has 0 unspecified atom stereocenters. The largest absolute Gasteiger partial charge is 0.366 e. The Bertz CT molecular complexity index is 400. The number of nitrogens with zero attached hydrogens (tertiary/aromatic N) is 3. The molecular weight excluding hydrogens is 184 g/mol. The van der Waals surface area contributed by atoms with Gasteiger partial charge in [-0.1, -0.05) is 0 Å². The average Bonchev–Trinajstić information content (AvgIpc) is 2.99. The maximum Gasteiger partial charge on any atom is 0.251 e. The molecule has 1 saturated heterocycles. The molecule has 1 aliphatic rings. The van der Waals surface area contributed by atoms with E-state index in [4.69, 9.17) is 5.73 Å². The number of carbonyl (C=O) groups is 1. The Morgan fingerprint density at radius 3 is 2.79 bits per heavy atom. The fourth-order valence-electron chi connectivity index (χ4n) is 1.22. The number of rotatable bonds is 3. The van der Waals surface area contributed by atoms with Crippen molar-refractivity contribution in [2.45, 2.75) is 0 Å². The minimum atomic E-state index is -0.662. The summed E-state index contributed by atoms with van der Waals surface area (Å²) >= 11 is 0. The van der Waals surface area contributed by atoms with Crippen molar-refractivity contribution in [1.29, 1.82) is 0 Å². The molecule has 1 aromatic rings. The van der Waals surface area contributed by atoms with Crippen molar-refractivity contribution >= 4 is 17.4 Å². The SMILES string of the molecule is NC(=O)c1ccnc(N2CC2)c1N=O. The van der Waals surface area contributed by atoms with Crippen LogP contribution in [-0.4, -0.2) is 24.0 Å². The van der Waals surface area contributed by atoms with Gasteiger partial charge in [0.1, 0.15) is 0 Å². The van der Waals surface area contributed by atoms with E-state index in [1.807, 2.05) is 4.90 Å². The van der Waals surface area contributed by atoms with Crippen LogP contribution in [0.5, 0.6) is 0 Å². The zero-order valence-electron chi connectivity index (χ0n) is 7.30. The summed E-state index contributed by atoms with van der Waals surface area (Å²) in [4.78, 5) is 27.3. The second-order valence-corrected chi connectivity index (χ2v) is 2.97. The highest BCUT2D eigenvalue weighted by Crippen LogP contribution is 2.32. The second-order valence-electron chi connectivity index (χ2n) is 2.97. The normalized spacial score (nSPS) is 13.9. The summed E-state index contributed by atoms with van der Waals surface area (Å²) in [5.74, 6) is -0.221. The molecule has 0 aromatic carbocycles. The molecule has 2 rings (SSSR count). The van der Waals surface area contributed by atoms with Crippen LogP contribution in [0, 0.1) is 4.91 Å². The van der Waals surface area contributed by atoms with E-state index >= 15 is 0 Å². The third kappa shape index (κ3) is 1.30. The van der Waals surface area contributed by atoms with Crippen LogP contribution >= 0.6 is 0 Å². The van der Waals surface area contributed by atoms with Gasteiger partial charge in [-0.3, -0.25) is 4.79 Å². The highest BCUT2D eigenvalue weighted by molar-refractivity contribution is 6.00. The van der Waals surface area contributed by atoms with Gasteiger partial charge >= 0.3 is 0 Å². The first kappa shape index (κ1) is 8.61. The van der Waals surface area contributed by atoms with Crippen LogP contribution in [0.15, 0.2) is 17.4 Å². The van der Waals surface area contributed by atoms with Gasteiger partial charge in [-0.05, 0) is 11.2 Å². The maximum atomic E-state index is 11.0. The van der Waals surface area contributed by atoms with E-state index in [0.29, 0.717) is 5.82 Å². The van der Waals surface area contributed by atoms with Gasteiger partial charge in [0.25, 0.3) is 5.91 Å². The number of carbonyl (C=O) groups excluding carboxylic acids is 1. The van der Waals surface area contributed by atoms with Crippen LogP contribution in [0.25, 0.3) is 0 Å². The quantitative estimate of drug-likeness (QED) is 0.554. The van der Waals surface area contributed by atoms with Crippen molar-refractivity contribution in [2.24, 2.45) is 10.9 Å². The number of primary amides is 1. The molecule has 14 heavy (non-hydrogen) atoms. The lowest BCUT2D eigenvalue weighted by Gasteiger charge is -2.05. The van der Waals surface area contributed by atoms with Crippen molar-refractivity contribution in [3.05, 3.63) is 22.7 Å². The van der Waals surface area contributed by atoms with Crippen molar-refractivity contribution in [2.75, 3.05) is 18.0 Å². The van der Waals surface area contributed by atoms with E-state index in [-0.39, 0.29) is 11.3 Å². The number of nitrogens with two attached hydrogens (primary N) is 1. The summed E-state index contributed by atoms with van der Waals surface area (Å²) in [5.41, 5.74) is 5.26. The third-order valence-electron chi connectivity index (χ3n) is 2.01. The van der Waals surface area contributed by atoms with Crippen LogP contribution in [0.2, 0.25) is 0 Å². The smallest absolute Gasteiger partial charge is 0.251 e. The molecule has 0 atom stereocenters. The first-order valence-electron chi connectivity index (χ1n) is 4.11. The number of amides is 1. The summed E-state index contributed by atoms with van der Waals surface area (Å²) in [6, 6.07) is 1.39. The molecule has 1 aliphatic heterocycles. The van der Waals surface area contributed by atoms with Gasteiger partial charge in [-0.25, -0.2) is 4.98 Å². The Morgan fingerprint density at radius 2 is 2.29 bits per heavy atom. The van der Waals surface area contributed by atoms with E-state index in [9.17, 15) is 9.70 Å². The van der Waals surface area contributed by atoms with E-state index in [1.165, 1.54) is 12.3 Å². The summed E-state index contributed by atoms with van der Waals surface area (Å²) in [6.45, 7) is 1.66. The zero-order chi connectivity index (χ0) is 10.1. The highest BCUT2D eigenvalue weighted by Gasteiger charge is 2.25. The maximum absolute atomic E-state index is 11.0. The topological polar surface area (TPSA) is 88.4 Å². The first-order valence-corrected chi connectivity index (χ1v) is 4.11. The van der Waals surface area contributed by atoms with Crippen LogP contribution in [0.1, 0.15) is 10.4 Å². The van der Waals surface area contributed by atoms with Crippen molar-refractivity contribution in [1.82, 2.24) is 4.98 Å². The molecule has 0 spiro atoms. The lowest BCUT2D eigenvalue weighted by molar-refractivity contribution is 0.100. The zero-order valence-corrected chi connectivity index (χ0v) is 7.30. The minimum Gasteiger partial charge on any atom is -0.366 e. The lowest BCUT2D eigenvalue weighted by Crippen LogP contribution is -2.12. The Hall–Kier alpha value is -1.98. The molecule has 2 N–H and O–H groups in total. The molecular formula is C8H8N4O2. The molecule has 72 valence electrons. The van der Waals surface area contributed by atoms with Gasteiger partial charge in [-0.15, -0.1) is 4.91 Å². The van der Waals surface area contributed by atoms with Crippen molar-refractivity contribution in [3.63, 3.8) is 0 Å². The Morgan fingerprint density at radius 1 is 1.57 bits per heavy atom. The van der Waals surface area contributed by atoms with Crippen LogP contribution in [0.3, 0.4) is 0 Å². The predicted octanol–water partition coefficient (Wildman–Crippen LogP) is 0.398. The molecule has 6 nitrogen and oxygen atoms in total. The highest BCUT2D eigenvalue weighted by atomic mass is 16.3. The minimum absolute atomic E-state index is 0.0394. The van der Waals surface area contributed by atoms with E-state index in [2.05, 4.69) is 10.2 Å². The number of hydrogen-bond acceptors (Lipinski definition) is 5. The van der Waals surface area contributed by atoms with Crippen LogP contribution in [0.4, 0.5) is 11.5 Å². The second kappa shape index (κ2) is 3.06. The van der Waals surface area contributed by atoms with E-state index in [1.54, 1.807) is 0 Å². The Kier molecular flexibility index (Phi) is 1.88. The van der Waals surface area contributed by atoms with Crippen molar-refractivity contribution in [3.8, 4) is 0 Å². The monoisotopic (exact) mass is 192 g/mol. The number of aromatic nitrogens is 1.